The number of benzene rings is 3. The maximum atomic E-state index is 13.8. The zero-order valence-electron chi connectivity index (χ0n) is 22.3. The second-order valence-electron chi connectivity index (χ2n) is 10.4. The molecule has 0 spiro atoms. The zero-order valence-corrected chi connectivity index (χ0v) is 22.3. The van der Waals surface area contributed by atoms with Gasteiger partial charge in [-0.05, 0) is 40.8 Å². The van der Waals surface area contributed by atoms with Crippen molar-refractivity contribution in [2.45, 2.75) is 31.5 Å². The van der Waals surface area contributed by atoms with Crippen LogP contribution >= 0.6 is 0 Å². The highest BCUT2D eigenvalue weighted by molar-refractivity contribution is 5.94. The Hall–Kier alpha value is -4.27. The van der Waals surface area contributed by atoms with Crippen LogP contribution in [0.4, 0.5) is 0 Å². The molecule has 204 valence electrons. The number of carbonyl (C=O) groups excluding carboxylic acids is 2. The fraction of sp³-hybridized carbons (Fsp3) is 0.281. The first-order valence-corrected chi connectivity index (χ1v) is 13.8. The van der Waals surface area contributed by atoms with E-state index >= 15 is 0 Å². The molecular weight excluding hydrogens is 502 g/mol. The Bertz CT molecular complexity index is 1480. The Labute approximate surface area is 233 Å². The van der Waals surface area contributed by atoms with Gasteiger partial charge in [0, 0.05) is 31.6 Å². The third-order valence-corrected chi connectivity index (χ3v) is 7.80. The summed E-state index contributed by atoms with van der Waals surface area (Å²) in [5.41, 5.74) is 12.4. The Kier molecular flexibility index (Phi) is 7.44. The normalized spacial score (nSPS) is 17.8. The molecule has 0 saturated carbocycles. The molecule has 2 amide bonds. The van der Waals surface area contributed by atoms with E-state index < -0.39 is 6.04 Å². The van der Waals surface area contributed by atoms with Gasteiger partial charge in [0.2, 0.25) is 5.91 Å². The molecule has 40 heavy (non-hydrogen) atoms. The zero-order chi connectivity index (χ0) is 27.5. The molecule has 0 unspecified atom stereocenters. The van der Waals surface area contributed by atoms with Gasteiger partial charge in [-0.25, -0.2) is 4.98 Å². The Morgan fingerprint density at radius 1 is 0.950 bits per heavy atom. The SMILES string of the molecule is N[C@@H](Cc1ccc(C(=O)N2CCOCC2)cc1)C(=O)N1Cc2ccccc2C[C@H]1c1ncc(-c2ccccc2)[nH]1. The lowest BCUT2D eigenvalue weighted by atomic mass is 9.92. The Morgan fingerprint density at radius 2 is 1.65 bits per heavy atom. The summed E-state index contributed by atoms with van der Waals surface area (Å²) in [6, 6.07) is 24.7. The Balaban J connectivity index is 1.19. The summed E-state index contributed by atoms with van der Waals surface area (Å²) >= 11 is 0. The van der Waals surface area contributed by atoms with Crippen LogP contribution in [0.2, 0.25) is 0 Å². The molecule has 2 atom stereocenters. The average Bonchev–Trinajstić information content (AvgIpc) is 3.51. The lowest BCUT2D eigenvalue weighted by Gasteiger charge is -2.37. The smallest absolute Gasteiger partial charge is 0.254 e. The van der Waals surface area contributed by atoms with Crippen molar-refractivity contribution < 1.29 is 14.3 Å². The molecule has 8 heteroatoms. The van der Waals surface area contributed by atoms with Crippen molar-refractivity contribution in [3.05, 3.63) is 113 Å². The summed E-state index contributed by atoms with van der Waals surface area (Å²) < 4.78 is 5.35. The number of carbonyl (C=O) groups is 2. The van der Waals surface area contributed by atoms with E-state index in [1.807, 2.05) is 77.8 Å². The van der Waals surface area contributed by atoms with Gasteiger partial charge in [0.05, 0.1) is 37.2 Å². The molecule has 1 saturated heterocycles. The first-order chi connectivity index (χ1) is 19.6. The van der Waals surface area contributed by atoms with E-state index in [4.69, 9.17) is 15.5 Å². The van der Waals surface area contributed by atoms with E-state index in [1.165, 1.54) is 5.56 Å². The van der Waals surface area contributed by atoms with Gasteiger partial charge in [-0.15, -0.1) is 0 Å². The van der Waals surface area contributed by atoms with Crippen LogP contribution in [-0.4, -0.2) is 63.9 Å². The maximum Gasteiger partial charge on any atom is 0.254 e. The number of nitrogens with zero attached hydrogens (tertiary/aromatic N) is 3. The molecule has 0 radical (unpaired) electrons. The fourth-order valence-corrected chi connectivity index (χ4v) is 5.56. The van der Waals surface area contributed by atoms with Gasteiger partial charge in [-0.1, -0.05) is 66.7 Å². The molecule has 0 aliphatic carbocycles. The van der Waals surface area contributed by atoms with E-state index in [9.17, 15) is 9.59 Å². The number of morpholine rings is 1. The van der Waals surface area contributed by atoms with Gasteiger partial charge in [-0.2, -0.15) is 0 Å². The van der Waals surface area contributed by atoms with E-state index in [0.717, 1.165) is 28.2 Å². The van der Waals surface area contributed by atoms with Crippen molar-refractivity contribution in [1.82, 2.24) is 19.8 Å². The first-order valence-electron chi connectivity index (χ1n) is 13.8. The van der Waals surface area contributed by atoms with Gasteiger partial charge in [0.25, 0.3) is 5.91 Å². The topological polar surface area (TPSA) is 105 Å². The number of aromatic amines is 1. The highest BCUT2D eigenvalue weighted by Crippen LogP contribution is 2.33. The van der Waals surface area contributed by atoms with Crippen molar-refractivity contribution in [2.24, 2.45) is 5.73 Å². The van der Waals surface area contributed by atoms with Crippen molar-refractivity contribution in [3.8, 4) is 11.3 Å². The van der Waals surface area contributed by atoms with Crippen molar-refractivity contribution >= 4 is 11.8 Å². The molecule has 2 aliphatic heterocycles. The highest BCUT2D eigenvalue weighted by atomic mass is 16.5. The quantitative estimate of drug-likeness (QED) is 0.391. The number of amides is 2. The average molecular weight is 536 g/mol. The number of nitrogens with one attached hydrogen (secondary N) is 1. The van der Waals surface area contributed by atoms with Crippen LogP contribution in [0.3, 0.4) is 0 Å². The minimum atomic E-state index is -0.725. The van der Waals surface area contributed by atoms with Crippen LogP contribution in [0, 0.1) is 0 Å². The van der Waals surface area contributed by atoms with Crippen LogP contribution in [0.25, 0.3) is 11.3 Å². The first kappa shape index (κ1) is 26.0. The third-order valence-electron chi connectivity index (χ3n) is 7.80. The summed E-state index contributed by atoms with van der Waals surface area (Å²) in [5, 5.41) is 0. The molecule has 3 aromatic carbocycles. The lowest BCUT2D eigenvalue weighted by molar-refractivity contribution is -0.136. The summed E-state index contributed by atoms with van der Waals surface area (Å²) in [7, 11) is 0. The number of aromatic nitrogens is 2. The molecular formula is C32H33N5O3. The number of H-pyrrole nitrogens is 1. The van der Waals surface area contributed by atoms with Crippen LogP contribution in [-0.2, 0) is 28.9 Å². The number of hydrogen-bond donors (Lipinski definition) is 2. The molecule has 1 aromatic heterocycles. The van der Waals surface area contributed by atoms with Gasteiger partial charge >= 0.3 is 0 Å². The van der Waals surface area contributed by atoms with Crippen molar-refractivity contribution in [3.63, 3.8) is 0 Å². The third kappa shape index (κ3) is 5.41. The Morgan fingerprint density at radius 3 is 2.40 bits per heavy atom. The minimum absolute atomic E-state index is 0.00151. The van der Waals surface area contributed by atoms with Crippen LogP contribution in [0.5, 0.6) is 0 Å². The van der Waals surface area contributed by atoms with Crippen molar-refractivity contribution in [1.29, 1.82) is 0 Å². The summed E-state index contributed by atoms with van der Waals surface area (Å²) in [5.74, 6) is 0.629. The number of ether oxygens (including phenoxy) is 1. The molecule has 0 bridgehead atoms. The van der Waals surface area contributed by atoms with Gasteiger partial charge in [-0.3, -0.25) is 9.59 Å². The standard InChI is InChI=1S/C32H33N5O3/c33-27(18-22-10-12-24(13-11-22)31(38)36-14-16-40-17-15-36)32(39)37-21-26-9-5-4-8-25(26)19-29(37)30-34-20-28(35-30)23-6-2-1-3-7-23/h1-13,20,27,29H,14-19,21,33H2,(H,34,35)/t27-,29-/m0/s1. The summed E-state index contributed by atoms with van der Waals surface area (Å²) in [6.45, 7) is 2.80. The van der Waals surface area contributed by atoms with Gasteiger partial charge in [0.1, 0.15) is 5.82 Å². The van der Waals surface area contributed by atoms with Crippen LogP contribution in [0.1, 0.15) is 38.9 Å². The minimum Gasteiger partial charge on any atom is -0.378 e. The van der Waals surface area contributed by atoms with Gasteiger partial charge < -0.3 is 25.3 Å². The monoisotopic (exact) mass is 535 g/mol. The summed E-state index contributed by atoms with van der Waals surface area (Å²) in [4.78, 5) is 38.4. The van der Waals surface area contributed by atoms with Crippen molar-refractivity contribution in [2.75, 3.05) is 26.3 Å². The molecule has 3 heterocycles. The fourth-order valence-electron chi connectivity index (χ4n) is 5.56. The highest BCUT2D eigenvalue weighted by Gasteiger charge is 2.35. The number of imidazole rings is 1. The molecule has 3 N–H and O–H groups in total. The van der Waals surface area contributed by atoms with Gasteiger partial charge in [0.15, 0.2) is 0 Å². The second kappa shape index (κ2) is 11.5. The van der Waals surface area contributed by atoms with Crippen LogP contribution in [0.15, 0.2) is 85.1 Å². The summed E-state index contributed by atoms with van der Waals surface area (Å²) in [6.07, 6.45) is 2.87. The number of rotatable bonds is 6. The van der Waals surface area contributed by atoms with Crippen LogP contribution < -0.4 is 5.73 Å². The maximum absolute atomic E-state index is 13.8. The lowest BCUT2D eigenvalue weighted by Crippen LogP contribution is -2.48. The van der Waals surface area contributed by atoms with E-state index in [0.29, 0.717) is 51.3 Å². The predicted octanol–water partition coefficient (Wildman–Crippen LogP) is 3.75. The number of hydrogen-bond acceptors (Lipinski definition) is 5. The number of fused-ring (bicyclic) bond motifs is 1. The number of nitrogens with two attached hydrogens (primary N) is 1. The second-order valence-corrected chi connectivity index (χ2v) is 10.4. The molecule has 4 aromatic rings. The van der Waals surface area contributed by atoms with E-state index in [1.54, 1.807) is 4.90 Å². The molecule has 8 nitrogen and oxygen atoms in total. The predicted molar refractivity (Wildman–Crippen MR) is 152 cm³/mol. The molecule has 6 rings (SSSR count). The molecule has 2 aliphatic rings. The van der Waals surface area contributed by atoms with E-state index in [2.05, 4.69) is 17.1 Å². The molecule has 1 fully saturated rings. The largest absolute Gasteiger partial charge is 0.378 e. The van der Waals surface area contributed by atoms with E-state index in [-0.39, 0.29) is 17.9 Å².